The Morgan fingerprint density at radius 1 is 1.00 bits per heavy atom. The van der Waals surface area contributed by atoms with Gasteiger partial charge in [-0.3, -0.25) is 0 Å². The average Bonchev–Trinajstić information content (AvgIpc) is 3.05. The quantitative estimate of drug-likeness (QED) is 0.867. The van der Waals surface area contributed by atoms with Crippen LogP contribution >= 0.6 is 11.3 Å². The van der Waals surface area contributed by atoms with Gasteiger partial charge in [0, 0.05) is 37.8 Å². The number of methoxy groups -OCH3 is 1. The van der Waals surface area contributed by atoms with Gasteiger partial charge in [0.1, 0.15) is 10.8 Å². The van der Waals surface area contributed by atoms with Gasteiger partial charge in [0.15, 0.2) is 0 Å². The number of hydrogen-bond donors (Lipinski definition) is 0. The van der Waals surface area contributed by atoms with E-state index in [1.165, 1.54) is 5.69 Å². The van der Waals surface area contributed by atoms with Crippen molar-refractivity contribution >= 4 is 22.2 Å². The maximum Gasteiger partial charge on any atom is 0.208 e. The van der Waals surface area contributed by atoms with Crippen LogP contribution in [0.15, 0.2) is 24.3 Å². The topological polar surface area (TPSA) is 41.5 Å². The van der Waals surface area contributed by atoms with E-state index < -0.39 is 0 Å². The van der Waals surface area contributed by atoms with Gasteiger partial charge in [-0.2, -0.15) is 0 Å². The van der Waals surface area contributed by atoms with E-state index in [0.717, 1.165) is 42.1 Å². The summed E-state index contributed by atoms with van der Waals surface area (Å²) in [6.45, 7) is 8.29. The highest BCUT2D eigenvalue weighted by Crippen LogP contribution is 2.27. The minimum atomic E-state index is 0.451. The molecule has 0 bridgehead atoms. The zero-order chi connectivity index (χ0) is 15.5. The summed E-state index contributed by atoms with van der Waals surface area (Å²) in [6, 6.07) is 8.27. The van der Waals surface area contributed by atoms with Crippen molar-refractivity contribution in [3.05, 3.63) is 29.3 Å². The Balaban J connectivity index is 1.61. The number of benzene rings is 1. The molecule has 1 aliphatic heterocycles. The Labute approximate surface area is 135 Å². The smallest absolute Gasteiger partial charge is 0.208 e. The fraction of sp³-hybridized carbons (Fsp3) is 0.500. The van der Waals surface area contributed by atoms with Crippen LogP contribution in [0.1, 0.15) is 24.8 Å². The fourth-order valence-corrected chi connectivity index (χ4v) is 3.43. The summed E-state index contributed by atoms with van der Waals surface area (Å²) in [4.78, 5) is 4.74. The first-order chi connectivity index (χ1) is 10.7. The Morgan fingerprint density at radius 2 is 1.64 bits per heavy atom. The SMILES string of the molecule is COc1ccc(N2CCN(c3nnc(C(C)C)s3)CC2)cc1. The second kappa shape index (κ2) is 6.52. The molecule has 2 heterocycles. The van der Waals surface area contributed by atoms with Gasteiger partial charge < -0.3 is 14.5 Å². The highest BCUT2D eigenvalue weighted by molar-refractivity contribution is 7.15. The van der Waals surface area contributed by atoms with Gasteiger partial charge in [-0.15, -0.1) is 10.2 Å². The predicted octanol–water partition coefficient (Wildman–Crippen LogP) is 3.00. The molecule has 3 rings (SSSR count). The molecule has 0 spiro atoms. The number of aromatic nitrogens is 2. The van der Waals surface area contributed by atoms with E-state index in [-0.39, 0.29) is 0 Å². The number of nitrogens with zero attached hydrogens (tertiary/aromatic N) is 4. The summed E-state index contributed by atoms with van der Waals surface area (Å²) in [5.74, 6) is 1.35. The highest BCUT2D eigenvalue weighted by Gasteiger charge is 2.20. The van der Waals surface area contributed by atoms with E-state index >= 15 is 0 Å². The summed E-state index contributed by atoms with van der Waals surface area (Å²) in [5, 5.41) is 10.8. The van der Waals surface area contributed by atoms with Crippen LogP contribution < -0.4 is 14.5 Å². The molecule has 1 aliphatic rings. The number of piperazine rings is 1. The lowest BCUT2D eigenvalue weighted by atomic mass is 10.2. The van der Waals surface area contributed by atoms with Crippen molar-refractivity contribution in [2.75, 3.05) is 43.1 Å². The van der Waals surface area contributed by atoms with Gasteiger partial charge in [0.2, 0.25) is 5.13 Å². The van der Waals surface area contributed by atoms with Gasteiger partial charge in [-0.05, 0) is 24.3 Å². The van der Waals surface area contributed by atoms with Crippen LogP contribution in [0.4, 0.5) is 10.8 Å². The van der Waals surface area contributed by atoms with Crippen molar-refractivity contribution in [1.82, 2.24) is 10.2 Å². The minimum absolute atomic E-state index is 0.451. The van der Waals surface area contributed by atoms with Crippen LogP contribution in [0.2, 0.25) is 0 Å². The molecule has 6 heteroatoms. The van der Waals surface area contributed by atoms with Crippen LogP contribution in [-0.2, 0) is 0 Å². The molecule has 0 aliphatic carbocycles. The van der Waals surface area contributed by atoms with E-state index in [0.29, 0.717) is 5.92 Å². The maximum absolute atomic E-state index is 5.21. The lowest BCUT2D eigenvalue weighted by molar-refractivity contribution is 0.415. The first kappa shape index (κ1) is 15.1. The van der Waals surface area contributed by atoms with Gasteiger partial charge in [-0.1, -0.05) is 25.2 Å². The second-order valence-electron chi connectivity index (χ2n) is 5.75. The van der Waals surface area contributed by atoms with Crippen molar-refractivity contribution in [2.24, 2.45) is 0 Å². The van der Waals surface area contributed by atoms with E-state index in [2.05, 4.69) is 46.0 Å². The average molecular weight is 318 g/mol. The number of ether oxygens (including phenoxy) is 1. The van der Waals surface area contributed by atoms with Crippen LogP contribution in [0.25, 0.3) is 0 Å². The molecule has 0 amide bonds. The van der Waals surface area contributed by atoms with E-state index in [4.69, 9.17) is 4.74 Å². The van der Waals surface area contributed by atoms with Crippen LogP contribution in [-0.4, -0.2) is 43.5 Å². The normalized spacial score (nSPS) is 15.5. The zero-order valence-electron chi connectivity index (χ0n) is 13.3. The largest absolute Gasteiger partial charge is 0.497 e. The molecular formula is C16H22N4OS. The van der Waals surface area contributed by atoms with Crippen molar-refractivity contribution in [3.63, 3.8) is 0 Å². The third kappa shape index (κ3) is 3.16. The summed E-state index contributed by atoms with van der Waals surface area (Å²) in [5.41, 5.74) is 1.25. The monoisotopic (exact) mass is 318 g/mol. The standard InChI is InChI=1S/C16H22N4OS/c1-12(2)15-17-18-16(22-15)20-10-8-19(9-11-20)13-4-6-14(21-3)7-5-13/h4-7,12H,8-11H2,1-3H3. The first-order valence-corrected chi connectivity index (χ1v) is 8.46. The molecule has 118 valence electrons. The van der Waals surface area contributed by atoms with Crippen molar-refractivity contribution in [1.29, 1.82) is 0 Å². The molecule has 1 aromatic carbocycles. The molecule has 1 fully saturated rings. The molecule has 0 unspecified atom stereocenters. The Morgan fingerprint density at radius 3 is 2.18 bits per heavy atom. The van der Waals surface area contributed by atoms with Crippen LogP contribution in [0.5, 0.6) is 5.75 Å². The van der Waals surface area contributed by atoms with Crippen molar-refractivity contribution in [3.8, 4) is 5.75 Å². The lowest BCUT2D eigenvalue weighted by Gasteiger charge is -2.35. The Kier molecular flexibility index (Phi) is 4.47. The van der Waals surface area contributed by atoms with Crippen LogP contribution in [0, 0.1) is 0 Å². The predicted molar refractivity (Wildman–Crippen MR) is 91.4 cm³/mol. The number of rotatable bonds is 4. The fourth-order valence-electron chi connectivity index (χ4n) is 2.54. The second-order valence-corrected chi connectivity index (χ2v) is 6.74. The van der Waals surface area contributed by atoms with Crippen molar-refractivity contribution < 1.29 is 4.74 Å². The summed E-state index contributed by atoms with van der Waals surface area (Å²) in [6.07, 6.45) is 0. The third-order valence-corrected chi connectivity index (χ3v) is 5.20. The lowest BCUT2D eigenvalue weighted by Crippen LogP contribution is -2.46. The molecular weight excluding hydrogens is 296 g/mol. The number of anilines is 2. The number of hydrogen-bond acceptors (Lipinski definition) is 6. The maximum atomic E-state index is 5.21. The highest BCUT2D eigenvalue weighted by atomic mass is 32.1. The van der Waals surface area contributed by atoms with Gasteiger partial charge in [0.05, 0.1) is 7.11 Å². The molecule has 22 heavy (non-hydrogen) atoms. The van der Waals surface area contributed by atoms with E-state index in [1.54, 1.807) is 18.4 Å². The molecule has 0 radical (unpaired) electrons. The third-order valence-electron chi connectivity index (χ3n) is 3.91. The molecule has 1 saturated heterocycles. The van der Waals surface area contributed by atoms with Gasteiger partial charge in [-0.25, -0.2) is 0 Å². The first-order valence-electron chi connectivity index (χ1n) is 7.64. The molecule has 0 saturated carbocycles. The van der Waals surface area contributed by atoms with Gasteiger partial charge >= 0.3 is 0 Å². The zero-order valence-corrected chi connectivity index (χ0v) is 14.1. The summed E-state index contributed by atoms with van der Waals surface area (Å²) >= 11 is 1.72. The molecule has 0 N–H and O–H groups in total. The minimum Gasteiger partial charge on any atom is -0.497 e. The molecule has 1 aromatic heterocycles. The molecule has 0 atom stereocenters. The summed E-state index contributed by atoms with van der Waals surface area (Å²) < 4.78 is 5.21. The molecule has 5 nitrogen and oxygen atoms in total. The van der Waals surface area contributed by atoms with E-state index in [9.17, 15) is 0 Å². The summed E-state index contributed by atoms with van der Waals surface area (Å²) in [7, 11) is 1.70. The van der Waals surface area contributed by atoms with Gasteiger partial charge in [0.25, 0.3) is 0 Å². The Hall–Kier alpha value is -1.82. The Bertz CT molecular complexity index is 603. The van der Waals surface area contributed by atoms with Crippen molar-refractivity contribution in [2.45, 2.75) is 19.8 Å². The van der Waals surface area contributed by atoms with E-state index in [1.807, 2.05) is 12.1 Å². The molecule has 2 aromatic rings. The van der Waals surface area contributed by atoms with Crippen LogP contribution in [0.3, 0.4) is 0 Å².